The standard InChI is InChI=1S/C20H26O/c1-14-11-15(2)13-18(12-14)20(6,21)17-9-7-16(8-10-17)19(3,4)5/h7-13,21H,1-6H3. The number of aryl methyl sites for hydroxylation is 2. The Morgan fingerprint density at radius 2 is 1.10 bits per heavy atom. The maximum absolute atomic E-state index is 11.0. The molecular formula is C20H26O. The molecule has 0 aliphatic carbocycles. The van der Waals surface area contributed by atoms with E-state index >= 15 is 0 Å². The Morgan fingerprint density at radius 3 is 1.52 bits per heavy atom. The fraction of sp³-hybridized carbons (Fsp3) is 0.400. The Bertz CT molecular complexity index is 608. The van der Waals surface area contributed by atoms with E-state index in [1.165, 1.54) is 16.7 Å². The topological polar surface area (TPSA) is 20.2 Å². The average Bonchev–Trinajstić information content (AvgIpc) is 2.36. The van der Waals surface area contributed by atoms with Crippen LogP contribution in [-0.4, -0.2) is 5.11 Å². The van der Waals surface area contributed by atoms with Gasteiger partial charge in [0.25, 0.3) is 0 Å². The number of rotatable bonds is 2. The molecule has 1 N–H and O–H groups in total. The molecule has 2 aromatic carbocycles. The molecule has 0 amide bonds. The van der Waals surface area contributed by atoms with Crippen LogP contribution in [0.2, 0.25) is 0 Å². The first-order chi connectivity index (χ1) is 9.60. The van der Waals surface area contributed by atoms with Crippen molar-refractivity contribution in [2.45, 2.75) is 52.6 Å². The monoisotopic (exact) mass is 282 g/mol. The predicted molar refractivity (Wildman–Crippen MR) is 89.7 cm³/mol. The van der Waals surface area contributed by atoms with Gasteiger partial charge in [-0.1, -0.05) is 74.4 Å². The van der Waals surface area contributed by atoms with Crippen molar-refractivity contribution in [1.29, 1.82) is 0 Å². The molecule has 21 heavy (non-hydrogen) atoms. The van der Waals surface area contributed by atoms with Crippen LogP contribution in [0.1, 0.15) is 55.5 Å². The van der Waals surface area contributed by atoms with E-state index in [1.54, 1.807) is 0 Å². The second kappa shape index (κ2) is 5.31. The summed E-state index contributed by atoms with van der Waals surface area (Å²) in [7, 11) is 0. The Morgan fingerprint density at radius 1 is 0.667 bits per heavy atom. The lowest BCUT2D eigenvalue weighted by Gasteiger charge is -2.27. The van der Waals surface area contributed by atoms with Crippen molar-refractivity contribution >= 4 is 0 Å². The van der Waals surface area contributed by atoms with Gasteiger partial charge in [-0.25, -0.2) is 0 Å². The van der Waals surface area contributed by atoms with E-state index in [1.807, 2.05) is 19.1 Å². The van der Waals surface area contributed by atoms with Crippen molar-refractivity contribution in [2.75, 3.05) is 0 Å². The van der Waals surface area contributed by atoms with Crippen LogP contribution in [0.5, 0.6) is 0 Å². The zero-order valence-electron chi connectivity index (χ0n) is 14.0. The molecule has 0 aliphatic heterocycles. The molecule has 1 heteroatoms. The van der Waals surface area contributed by atoms with Gasteiger partial charge in [-0.2, -0.15) is 0 Å². The predicted octanol–water partition coefficient (Wildman–Crippen LogP) is 4.86. The van der Waals surface area contributed by atoms with Gasteiger partial charge in [0.1, 0.15) is 5.60 Å². The summed E-state index contributed by atoms with van der Waals surface area (Å²) in [6, 6.07) is 14.6. The van der Waals surface area contributed by atoms with Crippen molar-refractivity contribution in [2.24, 2.45) is 0 Å². The third-order valence-corrected chi connectivity index (χ3v) is 4.10. The Kier molecular flexibility index (Phi) is 3.99. The summed E-state index contributed by atoms with van der Waals surface area (Å²) < 4.78 is 0. The maximum Gasteiger partial charge on any atom is 0.112 e. The minimum absolute atomic E-state index is 0.129. The molecule has 0 radical (unpaired) electrons. The second-order valence-corrected chi connectivity index (χ2v) is 7.28. The zero-order chi connectivity index (χ0) is 15.8. The molecule has 0 saturated carbocycles. The lowest BCUT2D eigenvalue weighted by molar-refractivity contribution is 0.102. The van der Waals surface area contributed by atoms with Gasteiger partial charge in [0.15, 0.2) is 0 Å². The van der Waals surface area contributed by atoms with Crippen molar-refractivity contribution in [1.82, 2.24) is 0 Å². The quantitative estimate of drug-likeness (QED) is 0.834. The van der Waals surface area contributed by atoms with Gasteiger partial charge in [-0.15, -0.1) is 0 Å². The lowest BCUT2D eigenvalue weighted by Crippen LogP contribution is -2.23. The molecular weight excluding hydrogens is 256 g/mol. The second-order valence-electron chi connectivity index (χ2n) is 7.28. The van der Waals surface area contributed by atoms with E-state index in [-0.39, 0.29) is 5.41 Å². The van der Waals surface area contributed by atoms with Crippen LogP contribution in [0.15, 0.2) is 42.5 Å². The Labute approximate surface area is 128 Å². The summed E-state index contributed by atoms with van der Waals surface area (Å²) in [4.78, 5) is 0. The highest BCUT2D eigenvalue weighted by Gasteiger charge is 2.26. The Hall–Kier alpha value is -1.60. The number of hydrogen-bond donors (Lipinski definition) is 1. The van der Waals surface area contributed by atoms with E-state index < -0.39 is 5.60 Å². The van der Waals surface area contributed by atoms with E-state index in [0.717, 1.165) is 11.1 Å². The molecule has 0 heterocycles. The number of aliphatic hydroxyl groups is 1. The van der Waals surface area contributed by atoms with Crippen molar-refractivity contribution in [3.05, 3.63) is 70.3 Å². The first-order valence-electron chi connectivity index (χ1n) is 7.53. The fourth-order valence-electron chi connectivity index (χ4n) is 2.72. The van der Waals surface area contributed by atoms with Gasteiger partial charge < -0.3 is 5.11 Å². The smallest absolute Gasteiger partial charge is 0.112 e. The fourth-order valence-corrected chi connectivity index (χ4v) is 2.72. The Balaban J connectivity index is 2.43. The molecule has 0 aliphatic rings. The summed E-state index contributed by atoms with van der Waals surface area (Å²) in [6.45, 7) is 12.6. The maximum atomic E-state index is 11.0. The van der Waals surface area contributed by atoms with Crippen LogP contribution >= 0.6 is 0 Å². The van der Waals surface area contributed by atoms with Crippen LogP contribution < -0.4 is 0 Å². The summed E-state index contributed by atoms with van der Waals surface area (Å²) >= 11 is 0. The lowest BCUT2D eigenvalue weighted by atomic mass is 9.82. The molecule has 0 spiro atoms. The normalized spacial score (nSPS) is 14.8. The van der Waals surface area contributed by atoms with Crippen LogP contribution in [0.3, 0.4) is 0 Å². The molecule has 112 valence electrons. The van der Waals surface area contributed by atoms with Gasteiger partial charge in [0.05, 0.1) is 0 Å². The first-order valence-corrected chi connectivity index (χ1v) is 7.53. The first kappa shape index (κ1) is 15.8. The van der Waals surface area contributed by atoms with Crippen LogP contribution in [0.25, 0.3) is 0 Å². The average molecular weight is 282 g/mol. The van der Waals surface area contributed by atoms with E-state index in [4.69, 9.17) is 0 Å². The van der Waals surface area contributed by atoms with Gasteiger partial charge in [-0.3, -0.25) is 0 Å². The summed E-state index contributed by atoms with van der Waals surface area (Å²) in [6.07, 6.45) is 0. The summed E-state index contributed by atoms with van der Waals surface area (Å²) in [5.74, 6) is 0. The molecule has 0 bridgehead atoms. The summed E-state index contributed by atoms with van der Waals surface area (Å²) in [5, 5.41) is 11.0. The van der Waals surface area contributed by atoms with E-state index in [2.05, 4.69) is 65.0 Å². The highest BCUT2D eigenvalue weighted by molar-refractivity contribution is 5.40. The minimum atomic E-state index is -0.965. The molecule has 1 atom stereocenters. The summed E-state index contributed by atoms with van der Waals surface area (Å²) in [5.41, 5.74) is 4.68. The molecule has 2 aromatic rings. The SMILES string of the molecule is Cc1cc(C)cc(C(C)(O)c2ccc(C(C)(C)C)cc2)c1. The van der Waals surface area contributed by atoms with Crippen LogP contribution in [0, 0.1) is 13.8 Å². The number of benzene rings is 2. The largest absolute Gasteiger partial charge is 0.381 e. The molecule has 0 saturated heterocycles. The van der Waals surface area contributed by atoms with Gasteiger partial charge in [-0.05, 0) is 42.9 Å². The van der Waals surface area contributed by atoms with Gasteiger partial charge in [0.2, 0.25) is 0 Å². The van der Waals surface area contributed by atoms with Gasteiger partial charge in [0, 0.05) is 0 Å². The third kappa shape index (κ3) is 3.36. The van der Waals surface area contributed by atoms with Crippen molar-refractivity contribution < 1.29 is 5.11 Å². The highest BCUT2D eigenvalue weighted by Crippen LogP contribution is 2.32. The molecule has 0 fully saturated rings. The van der Waals surface area contributed by atoms with E-state index in [0.29, 0.717) is 0 Å². The van der Waals surface area contributed by atoms with Crippen LogP contribution in [0.4, 0.5) is 0 Å². The molecule has 0 aromatic heterocycles. The molecule has 1 unspecified atom stereocenters. The molecule has 1 nitrogen and oxygen atoms in total. The van der Waals surface area contributed by atoms with Crippen molar-refractivity contribution in [3.63, 3.8) is 0 Å². The zero-order valence-corrected chi connectivity index (χ0v) is 14.0. The number of hydrogen-bond acceptors (Lipinski definition) is 1. The molecule has 2 rings (SSSR count). The van der Waals surface area contributed by atoms with E-state index in [9.17, 15) is 5.11 Å². The third-order valence-electron chi connectivity index (χ3n) is 4.10. The van der Waals surface area contributed by atoms with Crippen molar-refractivity contribution in [3.8, 4) is 0 Å². The minimum Gasteiger partial charge on any atom is -0.381 e. The van der Waals surface area contributed by atoms with Crippen LogP contribution in [-0.2, 0) is 11.0 Å². The van der Waals surface area contributed by atoms with Gasteiger partial charge >= 0.3 is 0 Å². The highest BCUT2D eigenvalue weighted by atomic mass is 16.3.